The van der Waals surface area contributed by atoms with Crippen molar-refractivity contribution in [2.24, 2.45) is 0 Å². The molecule has 0 amide bonds. The number of carboxylic acids is 1. The predicted molar refractivity (Wildman–Crippen MR) is 59.6 cm³/mol. The van der Waals surface area contributed by atoms with Crippen molar-refractivity contribution in [3.05, 3.63) is 35.7 Å². The molecule has 0 aliphatic carbocycles. The lowest BCUT2D eigenvalue weighted by molar-refractivity contribution is 0.0680. The minimum Gasteiger partial charge on any atom is -0.475 e. The van der Waals surface area contributed by atoms with Crippen LogP contribution in [0.2, 0.25) is 0 Å². The summed E-state index contributed by atoms with van der Waals surface area (Å²) in [6.45, 7) is 1.95. The van der Waals surface area contributed by atoms with Gasteiger partial charge in [0.05, 0.1) is 12.8 Å². The number of benzene rings is 1. The van der Waals surface area contributed by atoms with Crippen molar-refractivity contribution in [3.8, 4) is 11.7 Å². The Kier molecular flexibility index (Phi) is 2.78. The van der Waals surface area contributed by atoms with E-state index in [2.05, 4.69) is 10.2 Å². The summed E-state index contributed by atoms with van der Waals surface area (Å²) >= 11 is 0. The standard InChI is InChI=1S/C11H11N3O3/c1-7-3-5-8(6-4-7)14-9(10(15)16)12-13-11(14)17-2/h3-6H,1-2H3,(H,15,16). The van der Waals surface area contributed by atoms with Crippen molar-refractivity contribution in [3.63, 3.8) is 0 Å². The number of ether oxygens (including phenoxy) is 1. The Labute approximate surface area is 97.5 Å². The lowest BCUT2D eigenvalue weighted by Gasteiger charge is -2.07. The third-order valence-corrected chi connectivity index (χ3v) is 2.30. The van der Waals surface area contributed by atoms with Gasteiger partial charge in [-0.25, -0.2) is 9.36 Å². The topological polar surface area (TPSA) is 77.2 Å². The van der Waals surface area contributed by atoms with E-state index in [0.29, 0.717) is 5.69 Å². The van der Waals surface area contributed by atoms with Crippen molar-refractivity contribution in [1.82, 2.24) is 14.8 Å². The van der Waals surface area contributed by atoms with Crippen LogP contribution in [0.1, 0.15) is 16.2 Å². The third kappa shape index (κ3) is 1.96. The molecule has 0 saturated heterocycles. The summed E-state index contributed by atoms with van der Waals surface area (Å²) in [6.07, 6.45) is 0. The highest BCUT2D eigenvalue weighted by Gasteiger charge is 2.19. The van der Waals surface area contributed by atoms with Crippen LogP contribution in [0.5, 0.6) is 6.01 Å². The van der Waals surface area contributed by atoms with E-state index in [1.807, 2.05) is 19.1 Å². The van der Waals surface area contributed by atoms with E-state index in [1.165, 1.54) is 11.7 Å². The third-order valence-electron chi connectivity index (χ3n) is 2.30. The van der Waals surface area contributed by atoms with E-state index in [-0.39, 0.29) is 11.8 Å². The highest BCUT2D eigenvalue weighted by atomic mass is 16.5. The molecule has 1 aromatic carbocycles. The summed E-state index contributed by atoms with van der Waals surface area (Å²) < 4.78 is 6.34. The highest BCUT2D eigenvalue weighted by Crippen LogP contribution is 2.18. The number of carboxylic acid groups (broad SMARTS) is 1. The van der Waals surface area contributed by atoms with Gasteiger partial charge in [0, 0.05) is 0 Å². The summed E-state index contributed by atoms with van der Waals surface area (Å²) in [6, 6.07) is 7.47. The number of hydrogen-bond donors (Lipinski definition) is 1. The molecular formula is C11H11N3O3. The first-order valence-electron chi connectivity index (χ1n) is 4.93. The van der Waals surface area contributed by atoms with Gasteiger partial charge in [-0.1, -0.05) is 22.8 Å². The quantitative estimate of drug-likeness (QED) is 0.864. The number of aryl methyl sites for hydroxylation is 1. The lowest BCUT2D eigenvalue weighted by Crippen LogP contribution is -2.09. The van der Waals surface area contributed by atoms with Crippen molar-refractivity contribution < 1.29 is 14.6 Å². The molecule has 0 unspecified atom stereocenters. The van der Waals surface area contributed by atoms with E-state index >= 15 is 0 Å². The SMILES string of the molecule is COc1nnc(C(=O)O)n1-c1ccc(C)cc1. The molecule has 0 fully saturated rings. The van der Waals surface area contributed by atoms with Crippen LogP contribution < -0.4 is 4.74 Å². The molecular weight excluding hydrogens is 222 g/mol. The van der Waals surface area contributed by atoms with Crippen LogP contribution in [0.25, 0.3) is 5.69 Å². The van der Waals surface area contributed by atoms with Crippen molar-refractivity contribution in [2.45, 2.75) is 6.92 Å². The minimum absolute atomic E-state index is 0.145. The second-order valence-electron chi connectivity index (χ2n) is 3.49. The summed E-state index contributed by atoms with van der Waals surface area (Å²) in [5.41, 5.74) is 1.73. The van der Waals surface area contributed by atoms with Crippen LogP contribution in [0.3, 0.4) is 0 Å². The molecule has 2 rings (SSSR count). The van der Waals surface area contributed by atoms with Gasteiger partial charge in [-0.05, 0) is 19.1 Å². The summed E-state index contributed by atoms with van der Waals surface area (Å²) in [4.78, 5) is 11.0. The zero-order valence-electron chi connectivity index (χ0n) is 9.41. The number of rotatable bonds is 3. The van der Waals surface area contributed by atoms with E-state index < -0.39 is 5.97 Å². The van der Waals surface area contributed by atoms with Crippen LogP contribution in [-0.4, -0.2) is 33.0 Å². The first-order valence-corrected chi connectivity index (χ1v) is 4.93. The van der Waals surface area contributed by atoms with Crippen molar-refractivity contribution in [2.75, 3.05) is 7.11 Å². The highest BCUT2D eigenvalue weighted by molar-refractivity contribution is 5.84. The average molecular weight is 233 g/mol. The van der Waals surface area contributed by atoms with Gasteiger partial charge >= 0.3 is 12.0 Å². The summed E-state index contributed by atoms with van der Waals surface area (Å²) in [7, 11) is 1.42. The number of carbonyl (C=O) groups is 1. The maximum absolute atomic E-state index is 11.0. The molecule has 0 saturated carbocycles. The molecule has 0 bridgehead atoms. The molecule has 0 atom stereocenters. The molecule has 1 aromatic heterocycles. The Morgan fingerprint density at radius 3 is 2.47 bits per heavy atom. The monoisotopic (exact) mass is 233 g/mol. The Hall–Kier alpha value is -2.37. The molecule has 6 nitrogen and oxygen atoms in total. The molecule has 1 N–H and O–H groups in total. The molecule has 17 heavy (non-hydrogen) atoms. The van der Waals surface area contributed by atoms with Crippen molar-refractivity contribution in [1.29, 1.82) is 0 Å². The number of nitrogens with zero attached hydrogens (tertiary/aromatic N) is 3. The van der Waals surface area contributed by atoms with E-state index in [9.17, 15) is 4.79 Å². The summed E-state index contributed by atoms with van der Waals surface area (Å²) in [5.74, 6) is -1.33. The Morgan fingerprint density at radius 2 is 1.94 bits per heavy atom. The molecule has 0 aliphatic heterocycles. The molecule has 88 valence electrons. The maximum Gasteiger partial charge on any atom is 0.374 e. The maximum atomic E-state index is 11.0. The van der Waals surface area contributed by atoms with Gasteiger partial charge < -0.3 is 9.84 Å². The van der Waals surface area contributed by atoms with Crippen molar-refractivity contribution >= 4 is 5.97 Å². The largest absolute Gasteiger partial charge is 0.475 e. The van der Waals surface area contributed by atoms with Gasteiger partial charge in [0.1, 0.15) is 0 Å². The fourth-order valence-corrected chi connectivity index (χ4v) is 1.47. The Bertz CT molecular complexity index is 546. The molecule has 0 radical (unpaired) electrons. The predicted octanol–water partition coefficient (Wildman–Crippen LogP) is 1.28. The molecule has 2 aromatic rings. The first-order chi connectivity index (χ1) is 8.13. The number of aromatic carboxylic acids is 1. The van der Waals surface area contributed by atoms with Crippen LogP contribution in [0.4, 0.5) is 0 Å². The van der Waals surface area contributed by atoms with Gasteiger partial charge in [0.2, 0.25) is 5.82 Å². The van der Waals surface area contributed by atoms with Gasteiger partial charge in [-0.3, -0.25) is 0 Å². The van der Waals surface area contributed by atoms with Gasteiger partial charge in [0.15, 0.2) is 0 Å². The smallest absolute Gasteiger partial charge is 0.374 e. The zero-order valence-corrected chi connectivity index (χ0v) is 9.41. The minimum atomic E-state index is -1.15. The van der Waals surface area contributed by atoms with Gasteiger partial charge in [-0.15, -0.1) is 5.10 Å². The number of hydrogen-bond acceptors (Lipinski definition) is 4. The number of methoxy groups -OCH3 is 1. The summed E-state index contributed by atoms with van der Waals surface area (Å²) in [5, 5.41) is 16.2. The normalized spacial score (nSPS) is 10.2. The molecule has 0 aliphatic rings. The molecule has 6 heteroatoms. The molecule has 0 spiro atoms. The second kappa shape index (κ2) is 4.25. The average Bonchev–Trinajstić information content (AvgIpc) is 2.73. The van der Waals surface area contributed by atoms with Gasteiger partial charge in [0.25, 0.3) is 0 Å². The fraction of sp³-hybridized carbons (Fsp3) is 0.182. The Balaban J connectivity index is 2.59. The van der Waals surface area contributed by atoms with E-state index in [4.69, 9.17) is 9.84 Å². The van der Waals surface area contributed by atoms with E-state index in [0.717, 1.165) is 5.56 Å². The van der Waals surface area contributed by atoms with Crippen LogP contribution in [0.15, 0.2) is 24.3 Å². The fourth-order valence-electron chi connectivity index (χ4n) is 1.47. The van der Waals surface area contributed by atoms with Crippen LogP contribution in [0, 0.1) is 6.92 Å². The number of aromatic nitrogens is 3. The van der Waals surface area contributed by atoms with Crippen LogP contribution in [-0.2, 0) is 0 Å². The second-order valence-corrected chi connectivity index (χ2v) is 3.49. The van der Waals surface area contributed by atoms with Gasteiger partial charge in [-0.2, -0.15) is 0 Å². The first kappa shape index (κ1) is 11.1. The molecule has 1 heterocycles. The van der Waals surface area contributed by atoms with Crippen LogP contribution >= 0.6 is 0 Å². The zero-order chi connectivity index (χ0) is 12.4. The Morgan fingerprint density at radius 1 is 1.29 bits per heavy atom. The lowest BCUT2D eigenvalue weighted by atomic mass is 10.2. The van der Waals surface area contributed by atoms with E-state index in [1.54, 1.807) is 12.1 Å².